The molecule has 15 heavy (non-hydrogen) atoms. The standard InChI is InChI=1S/C12H19NOS/c1-3-4-5-8-11(2)12(14)15-13-9-6-7-10-13/h3,8H,1,4-7,9-10H2,2H3/b11-8+. The van der Waals surface area contributed by atoms with Gasteiger partial charge in [0.25, 0.3) is 0 Å². The minimum atomic E-state index is 0.195. The third-order valence-corrected chi connectivity index (χ3v) is 3.53. The zero-order valence-corrected chi connectivity index (χ0v) is 10.2. The van der Waals surface area contributed by atoms with E-state index in [-0.39, 0.29) is 5.12 Å². The molecule has 2 nitrogen and oxygen atoms in total. The molecule has 0 radical (unpaired) electrons. The Hall–Kier alpha value is -0.540. The Bertz CT molecular complexity index is 254. The molecule has 0 atom stereocenters. The van der Waals surface area contributed by atoms with Crippen molar-refractivity contribution in [1.29, 1.82) is 0 Å². The summed E-state index contributed by atoms with van der Waals surface area (Å²) in [5.41, 5.74) is 0.869. The normalized spacial score (nSPS) is 18.1. The number of carbonyl (C=O) groups excluding carboxylic acids is 1. The van der Waals surface area contributed by atoms with Gasteiger partial charge in [-0.1, -0.05) is 12.2 Å². The molecule has 0 amide bonds. The molecule has 84 valence electrons. The molecule has 0 aliphatic carbocycles. The highest BCUT2D eigenvalue weighted by Crippen LogP contribution is 2.21. The van der Waals surface area contributed by atoms with Crippen molar-refractivity contribution >= 4 is 17.1 Å². The molecular formula is C12H19NOS. The highest BCUT2D eigenvalue weighted by atomic mass is 32.2. The van der Waals surface area contributed by atoms with Crippen LogP contribution in [0.4, 0.5) is 0 Å². The molecular weight excluding hydrogens is 206 g/mol. The fourth-order valence-electron chi connectivity index (χ4n) is 1.47. The van der Waals surface area contributed by atoms with E-state index in [0.29, 0.717) is 0 Å². The Morgan fingerprint density at radius 3 is 2.67 bits per heavy atom. The molecule has 1 saturated heterocycles. The number of hydrogen-bond donors (Lipinski definition) is 0. The van der Waals surface area contributed by atoms with Crippen molar-refractivity contribution in [2.24, 2.45) is 0 Å². The van der Waals surface area contributed by atoms with Crippen LogP contribution in [0.1, 0.15) is 32.6 Å². The summed E-state index contributed by atoms with van der Waals surface area (Å²) in [5.74, 6) is 0. The summed E-state index contributed by atoms with van der Waals surface area (Å²) in [4.78, 5) is 11.7. The third kappa shape index (κ3) is 4.67. The van der Waals surface area contributed by atoms with Crippen LogP contribution >= 0.6 is 11.9 Å². The van der Waals surface area contributed by atoms with Crippen LogP contribution in [0, 0.1) is 0 Å². The predicted molar refractivity (Wildman–Crippen MR) is 66.6 cm³/mol. The molecule has 0 bridgehead atoms. The second-order valence-corrected chi connectivity index (χ2v) is 4.84. The maximum atomic E-state index is 11.7. The average molecular weight is 225 g/mol. The summed E-state index contributed by atoms with van der Waals surface area (Å²) in [5, 5.41) is 0.195. The van der Waals surface area contributed by atoms with Gasteiger partial charge in [-0.05, 0) is 32.6 Å². The molecule has 1 aliphatic rings. The van der Waals surface area contributed by atoms with Gasteiger partial charge in [-0.15, -0.1) is 6.58 Å². The zero-order chi connectivity index (χ0) is 11.1. The van der Waals surface area contributed by atoms with Crippen molar-refractivity contribution < 1.29 is 4.79 Å². The summed E-state index contributed by atoms with van der Waals surface area (Å²) in [6, 6.07) is 0. The van der Waals surface area contributed by atoms with E-state index in [1.807, 2.05) is 19.1 Å². The van der Waals surface area contributed by atoms with Crippen molar-refractivity contribution in [2.75, 3.05) is 13.1 Å². The van der Waals surface area contributed by atoms with E-state index >= 15 is 0 Å². The number of nitrogens with zero attached hydrogens (tertiary/aromatic N) is 1. The maximum Gasteiger partial charge on any atom is 0.229 e. The average Bonchev–Trinajstić information content (AvgIpc) is 2.70. The van der Waals surface area contributed by atoms with Crippen molar-refractivity contribution in [2.45, 2.75) is 32.6 Å². The van der Waals surface area contributed by atoms with Gasteiger partial charge >= 0.3 is 0 Å². The number of unbranched alkanes of at least 4 members (excludes halogenated alkanes) is 1. The van der Waals surface area contributed by atoms with E-state index < -0.39 is 0 Å². The monoisotopic (exact) mass is 225 g/mol. The lowest BCUT2D eigenvalue weighted by Crippen LogP contribution is -2.13. The molecule has 0 aromatic rings. The Labute approximate surface area is 96.5 Å². The molecule has 0 N–H and O–H groups in total. The molecule has 0 unspecified atom stereocenters. The highest BCUT2D eigenvalue weighted by Gasteiger charge is 2.16. The van der Waals surface area contributed by atoms with Crippen LogP contribution in [-0.4, -0.2) is 22.5 Å². The van der Waals surface area contributed by atoms with E-state index in [9.17, 15) is 4.79 Å². The third-order valence-electron chi connectivity index (χ3n) is 2.42. The van der Waals surface area contributed by atoms with Gasteiger partial charge in [0.2, 0.25) is 5.12 Å². The smallest absolute Gasteiger partial charge is 0.229 e. The van der Waals surface area contributed by atoms with Gasteiger partial charge in [0, 0.05) is 30.6 Å². The van der Waals surface area contributed by atoms with Crippen LogP contribution in [0.3, 0.4) is 0 Å². The zero-order valence-electron chi connectivity index (χ0n) is 9.37. The van der Waals surface area contributed by atoms with Gasteiger partial charge in [0.05, 0.1) is 0 Å². The Kier molecular flexibility index (Phi) is 5.73. The fraction of sp³-hybridized carbons (Fsp3) is 0.583. The molecule has 0 saturated carbocycles. The van der Waals surface area contributed by atoms with Crippen LogP contribution in [0.25, 0.3) is 0 Å². The summed E-state index contributed by atoms with van der Waals surface area (Å²) < 4.78 is 2.16. The first-order valence-corrected chi connectivity index (χ1v) is 6.26. The second kappa shape index (κ2) is 6.85. The molecule has 3 heteroatoms. The molecule has 0 aromatic carbocycles. The summed E-state index contributed by atoms with van der Waals surface area (Å²) in [6.07, 6.45) is 8.19. The predicted octanol–water partition coefficient (Wildman–Crippen LogP) is 3.17. The quantitative estimate of drug-likeness (QED) is 0.310. The first kappa shape index (κ1) is 12.5. The Morgan fingerprint density at radius 2 is 2.07 bits per heavy atom. The summed E-state index contributed by atoms with van der Waals surface area (Å²) in [6.45, 7) is 7.66. The van der Waals surface area contributed by atoms with Crippen molar-refractivity contribution in [1.82, 2.24) is 4.31 Å². The van der Waals surface area contributed by atoms with E-state index in [0.717, 1.165) is 31.5 Å². The van der Waals surface area contributed by atoms with E-state index in [2.05, 4.69) is 10.9 Å². The summed E-state index contributed by atoms with van der Waals surface area (Å²) in [7, 11) is 0. The molecule has 0 spiro atoms. The minimum Gasteiger partial charge on any atom is -0.281 e. The first-order chi connectivity index (χ1) is 7.24. The lowest BCUT2D eigenvalue weighted by molar-refractivity contribution is -0.108. The largest absolute Gasteiger partial charge is 0.281 e. The number of carbonyl (C=O) groups is 1. The van der Waals surface area contributed by atoms with Crippen molar-refractivity contribution in [3.8, 4) is 0 Å². The Balaban J connectivity index is 2.31. The van der Waals surface area contributed by atoms with Crippen LogP contribution in [0.15, 0.2) is 24.3 Å². The van der Waals surface area contributed by atoms with Crippen LogP contribution in [0.2, 0.25) is 0 Å². The Morgan fingerprint density at radius 1 is 1.40 bits per heavy atom. The molecule has 1 fully saturated rings. The van der Waals surface area contributed by atoms with Gasteiger partial charge in [-0.3, -0.25) is 4.79 Å². The van der Waals surface area contributed by atoms with Gasteiger partial charge in [0.15, 0.2) is 0 Å². The van der Waals surface area contributed by atoms with E-state index in [1.54, 1.807) is 0 Å². The number of hydrogen-bond acceptors (Lipinski definition) is 3. The van der Waals surface area contributed by atoms with Crippen molar-refractivity contribution in [3.05, 3.63) is 24.3 Å². The second-order valence-electron chi connectivity index (χ2n) is 3.77. The topological polar surface area (TPSA) is 20.3 Å². The fourth-order valence-corrected chi connectivity index (χ4v) is 2.37. The molecule has 0 aromatic heterocycles. The lowest BCUT2D eigenvalue weighted by atomic mass is 10.2. The minimum absolute atomic E-state index is 0.195. The van der Waals surface area contributed by atoms with Crippen LogP contribution in [0.5, 0.6) is 0 Å². The van der Waals surface area contributed by atoms with Gasteiger partial charge < -0.3 is 0 Å². The van der Waals surface area contributed by atoms with Crippen LogP contribution < -0.4 is 0 Å². The van der Waals surface area contributed by atoms with Gasteiger partial charge in [-0.25, -0.2) is 4.31 Å². The van der Waals surface area contributed by atoms with Gasteiger partial charge in [-0.2, -0.15) is 0 Å². The van der Waals surface area contributed by atoms with E-state index in [1.165, 1.54) is 24.8 Å². The number of allylic oxidation sites excluding steroid dienone is 2. The highest BCUT2D eigenvalue weighted by molar-refractivity contribution is 8.12. The molecule has 1 aliphatic heterocycles. The van der Waals surface area contributed by atoms with E-state index in [4.69, 9.17) is 0 Å². The molecule has 1 heterocycles. The number of rotatable bonds is 5. The van der Waals surface area contributed by atoms with Crippen molar-refractivity contribution in [3.63, 3.8) is 0 Å². The lowest BCUT2D eigenvalue weighted by Gasteiger charge is -2.11. The SMILES string of the molecule is C=CCC/C=C(\C)C(=O)SN1CCCC1. The maximum absolute atomic E-state index is 11.7. The molecule has 1 rings (SSSR count). The van der Waals surface area contributed by atoms with Crippen LogP contribution in [-0.2, 0) is 4.79 Å². The summed E-state index contributed by atoms with van der Waals surface area (Å²) >= 11 is 1.37. The van der Waals surface area contributed by atoms with Gasteiger partial charge in [0.1, 0.15) is 0 Å². The first-order valence-electron chi connectivity index (χ1n) is 5.49.